The molecule has 3 rings (SSSR count). The zero-order valence-electron chi connectivity index (χ0n) is 15.1. The van der Waals surface area contributed by atoms with Gasteiger partial charge in [0.25, 0.3) is 5.56 Å². The largest absolute Gasteiger partial charge is 0.349 e. The molecule has 0 atom stereocenters. The minimum absolute atomic E-state index is 0.212. The van der Waals surface area contributed by atoms with Crippen LogP contribution >= 0.6 is 0 Å². The lowest BCUT2D eigenvalue weighted by molar-refractivity contribution is 0.532. The monoisotopic (exact) mass is 343 g/mol. The second-order valence-electron chi connectivity index (χ2n) is 6.44. The molecule has 0 amide bonds. The molecule has 7 nitrogen and oxygen atoms in total. The summed E-state index contributed by atoms with van der Waals surface area (Å²) in [5.41, 5.74) is 2.42. The highest BCUT2D eigenvalue weighted by atomic mass is 16.2. The van der Waals surface area contributed by atoms with E-state index in [-0.39, 0.29) is 11.2 Å². The summed E-state index contributed by atoms with van der Waals surface area (Å²) in [7, 11) is 1.85. The SMILES string of the molecule is CCCCn1c(=O)c2[nH]c(-c3cnn(C)c3)cc2n(CCCC)c1=O. The molecule has 0 aliphatic heterocycles. The average molecular weight is 343 g/mol. The molecule has 0 saturated carbocycles. The molecule has 3 heterocycles. The van der Waals surface area contributed by atoms with Gasteiger partial charge < -0.3 is 4.98 Å². The summed E-state index contributed by atoms with van der Waals surface area (Å²) in [5, 5.41) is 4.18. The standard InChI is InChI=1S/C18H25N5O2/c1-4-6-8-22-15-10-14(13-11-19-21(3)12-13)20-16(15)17(24)23(18(22)25)9-7-5-2/h10-12,20H,4-9H2,1-3H3. The zero-order valence-corrected chi connectivity index (χ0v) is 15.1. The lowest BCUT2D eigenvalue weighted by Gasteiger charge is -2.11. The molecule has 7 heteroatoms. The van der Waals surface area contributed by atoms with Crippen molar-refractivity contribution in [1.29, 1.82) is 0 Å². The normalized spacial score (nSPS) is 11.5. The van der Waals surface area contributed by atoms with Gasteiger partial charge in [-0.25, -0.2) is 4.79 Å². The van der Waals surface area contributed by atoms with Crippen molar-refractivity contribution < 1.29 is 0 Å². The number of nitrogens with zero attached hydrogens (tertiary/aromatic N) is 4. The molecule has 134 valence electrons. The number of aromatic amines is 1. The summed E-state index contributed by atoms with van der Waals surface area (Å²) < 4.78 is 4.81. The molecule has 0 unspecified atom stereocenters. The van der Waals surface area contributed by atoms with Crippen LogP contribution in [0.1, 0.15) is 39.5 Å². The average Bonchev–Trinajstić information content (AvgIpc) is 3.21. The molecule has 0 spiro atoms. The molecule has 0 aromatic carbocycles. The molecule has 3 aromatic heterocycles. The maximum absolute atomic E-state index is 12.9. The minimum Gasteiger partial charge on any atom is -0.349 e. The van der Waals surface area contributed by atoms with E-state index in [1.807, 2.05) is 26.2 Å². The number of rotatable bonds is 7. The van der Waals surface area contributed by atoms with E-state index >= 15 is 0 Å². The smallest absolute Gasteiger partial charge is 0.331 e. The topological polar surface area (TPSA) is 77.6 Å². The molecule has 1 N–H and O–H groups in total. The Bertz CT molecular complexity index is 989. The molecular formula is C18H25N5O2. The van der Waals surface area contributed by atoms with Gasteiger partial charge in [-0.05, 0) is 18.9 Å². The van der Waals surface area contributed by atoms with Crippen molar-refractivity contribution in [2.24, 2.45) is 7.05 Å². The van der Waals surface area contributed by atoms with Gasteiger partial charge in [0.1, 0.15) is 5.52 Å². The first-order valence-electron chi connectivity index (χ1n) is 8.92. The highest BCUT2D eigenvalue weighted by Gasteiger charge is 2.16. The van der Waals surface area contributed by atoms with Gasteiger partial charge in [-0.3, -0.25) is 18.6 Å². The Morgan fingerprint density at radius 1 is 1.08 bits per heavy atom. The molecule has 3 aromatic rings. The van der Waals surface area contributed by atoms with E-state index in [0.29, 0.717) is 24.1 Å². The number of fused-ring (bicyclic) bond motifs is 1. The van der Waals surface area contributed by atoms with E-state index in [4.69, 9.17) is 0 Å². The molecule has 25 heavy (non-hydrogen) atoms. The number of hydrogen-bond donors (Lipinski definition) is 1. The number of aryl methyl sites for hydroxylation is 2. The van der Waals surface area contributed by atoms with E-state index in [9.17, 15) is 9.59 Å². The lowest BCUT2D eigenvalue weighted by Crippen LogP contribution is -2.40. The summed E-state index contributed by atoms with van der Waals surface area (Å²) in [4.78, 5) is 28.9. The van der Waals surface area contributed by atoms with Crippen molar-refractivity contribution in [1.82, 2.24) is 23.9 Å². The molecule has 0 bridgehead atoms. The van der Waals surface area contributed by atoms with Crippen LogP contribution in [0.25, 0.3) is 22.3 Å². The molecule has 0 aliphatic carbocycles. The van der Waals surface area contributed by atoms with E-state index in [1.165, 1.54) is 4.57 Å². The Balaban J connectivity index is 2.22. The van der Waals surface area contributed by atoms with Crippen LogP contribution in [-0.2, 0) is 20.1 Å². The number of H-pyrrole nitrogens is 1. The van der Waals surface area contributed by atoms with E-state index < -0.39 is 0 Å². The van der Waals surface area contributed by atoms with Gasteiger partial charge in [-0.1, -0.05) is 26.7 Å². The molecule has 0 aliphatic rings. The third-order valence-corrected chi connectivity index (χ3v) is 4.49. The fraction of sp³-hybridized carbons (Fsp3) is 0.500. The highest BCUT2D eigenvalue weighted by molar-refractivity contribution is 5.82. The number of unbranched alkanes of at least 4 members (excludes halogenated alkanes) is 2. The van der Waals surface area contributed by atoms with Crippen LogP contribution in [0.4, 0.5) is 0 Å². The predicted octanol–water partition coefficient (Wildman–Crippen LogP) is 2.49. The fourth-order valence-corrected chi connectivity index (χ4v) is 3.05. The van der Waals surface area contributed by atoms with Crippen molar-refractivity contribution in [3.8, 4) is 11.3 Å². The van der Waals surface area contributed by atoms with Crippen LogP contribution in [0.3, 0.4) is 0 Å². The molecule has 0 radical (unpaired) electrons. The molecule has 0 fully saturated rings. The Hall–Kier alpha value is -2.57. The number of hydrogen-bond acceptors (Lipinski definition) is 3. The third kappa shape index (κ3) is 3.18. The van der Waals surface area contributed by atoms with Crippen LogP contribution in [0, 0.1) is 0 Å². The van der Waals surface area contributed by atoms with Crippen LogP contribution in [0.2, 0.25) is 0 Å². The zero-order chi connectivity index (χ0) is 18.0. The van der Waals surface area contributed by atoms with Gasteiger partial charge in [0, 0.05) is 31.9 Å². The summed E-state index contributed by atoms with van der Waals surface area (Å²) in [5.74, 6) is 0. The van der Waals surface area contributed by atoms with Crippen molar-refractivity contribution >= 4 is 11.0 Å². The lowest BCUT2D eigenvalue weighted by atomic mass is 10.2. The van der Waals surface area contributed by atoms with Crippen LogP contribution in [0.15, 0.2) is 28.0 Å². The maximum atomic E-state index is 12.9. The first-order valence-corrected chi connectivity index (χ1v) is 8.92. The molecule has 0 saturated heterocycles. The predicted molar refractivity (Wildman–Crippen MR) is 98.8 cm³/mol. The Kier molecular flexibility index (Phi) is 4.92. The third-order valence-electron chi connectivity index (χ3n) is 4.49. The highest BCUT2D eigenvalue weighted by Crippen LogP contribution is 2.21. The summed E-state index contributed by atoms with van der Waals surface area (Å²) in [6, 6.07) is 1.88. The van der Waals surface area contributed by atoms with Gasteiger partial charge in [0.05, 0.1) is 17.4 Å². The molecular weight excluding hydrogens is 318 g/mol. The van der Waals surface area contributed by atoms with Gasteiger partial charge >= 0.3 is 5.69 Å². The fourth-order valence-electron chi connectivity index (χ4n) is 3.05. The minimum atomic E-state index is -0.240. The van der Waals surface area contributed by atoms with Gasteiger partial charge in [-0.2, -0.15) is 5.10 Å². The van der Waals surface area contributed by atoms with Crippen molar-refractivity contribution in [3.05, 3.63) is 39.3 Å². The first kappa shape index (κ1) is 17.3. The van der Waals surface area contributed by atoms with E-state index in [1.54, 1.807) is 15.4 Å². The van der Waals surface area contributed by atoms with Crippen LogP contribution in [0.5, 0.6) is 0 Å². The second kappa shape index (κ2) is 7.13. The second-order valence-corrected chi connectivity index (χ2v) is 6.44. The van der Waals surface area contributed by atoms with Crippen molar-refractivity contribution in [2.75, 3.05) is 0 Å². The Labute approximate surface area is 145 Å². The van der Waals surface area contributed by atoms with E-state index in [2.05, 4.69) is 17.0 Å². The van der Waals surface area contributed by atoms with Crippen molar-refractivity contribution in [3.63, 3.8) is 0 Å². The van der Waals surface area contributed by atoms with Crippen molar-refractivity contribution in [2.45, 2.75) is 52.6 Å². The Morgan fingerprint density at radius 2 is 1.76 bits per heavy atom. The maximum Gasteiger partial charge on any atom is 0.331 e. The quantitative estimate of drug-likeness (QED) is 0.716. The van der Waals surface area contributed by atoms with Gasteiger partial charge in [0.15, 0.2) is 0 Å². The summed E-state index contributed by atoms with van der Waals surface area (Å²) in [6.45, 7) is 5.21. The van der Waals surface area contributed by atoms with E-state index in [0.717, 1.165) is 36.9 Å². The number of aromatic nitrogens is 5. The Morgan fingerprint density at radius 3 is 2.36 bits per heavy atom. The first-order chi connectivity index (χ1) is 12.1. The van der Waals surface area contributed by atoms with Crippen LogP contribution < -0.4 is 11.2 Å². The van der Waals surface area contributed by atoms with Gasteiger partial charge in [0.2, 0.25) is 0 Å². The van der Waals surface area contributed by atoms with Gasteiger partial charge in [-0.15, -0.1) is 0 Å². The van der Waals surface area contributed by atoms with Crippen LogP contribution in [-0.4, -0.2) is 23.9 Å². The summed E-state index contributed by atoms with van der Waals surface area (Å²) >= 11 is 0. The summed E-state index contributed by atoms with van der Waals surface area (Å²) in [6.07, 6.45) is 7.26. The number of nitrogens with one attached hydrogen (secondary N) is 1.